The summed E-state index contributed by atoms with van der Waals surface area (Å²) < 4.78 is 28.2. The average molecular weight is 324 g/mol. The van der Waals surface area contributed by atoms with E-state index in [1.165, 1.54) is 0 Å². The van der Waals surface area contributed by atoms with E-state index in [1.54, 1.807) is 54.9 Å². The lowest BCUT2D eigenvalue weighted by Crippen LogP contribution is -2.13. The topological polar surface area (TPSA) is 87.7 Å². The van der Waals surface area contributed by atoms with Crippen LogP contribution in [0.15, 0.2) is 65.8 Å². The van der Waals surface area contributed by atoms with Gasteiger partial charge in [0.1, 0.15) is 0 Å². The first-order chi connectivity index (χ1) is 11.1. The number of sulfonamides is 1. The Morgan fingerprint density at radius 3 is 2.78 bits per heavy atom. The van der Waals surface area contributed by atoms with E-state index in [1.807, 2.05) is 6.07 Å². The van der Waals surface area contributed by atoms with Crippen LogP contribution in [0.5, 0.6) is 0 Å². The molecule has 7 heteroatoms. The Bertz CT molecular complexity index is 1110. The van der Waals surface area contributed by atoms with Crippen LogP contribution in [0.3, 0.4) is 0 Å². The van der Waals surface area contributed by atoms with Gasteiger partial charge < -0.3 is 0 Å². The molecule has 0 atom stereocenters. The number of H-pyrrole nitrogens is 1. The second kappa shape index (κ2) is 5.06. The third-order valence-corrected chi connectivity index (χ3v) is 5.04. The van der Waals surface area contributed by atoms with Gasteiger partial charge in [0.05, 0.1) is 27.8 Å². The van der Waals surface area contributed by atoms with E-state index in [0.29, 0.717) is 22.1 Å². The van der Waals surface area contributed by atoms with Crippen LogP contribution in [0.1, 0.15) is 0 Å². The Labute approximate surface area is 132 Å². The molecular formula is C16H12N4O2S. The normalized spacial score (nSPS) is 11.8. The Balaban J connectivity index is 1.86. The van der Waals surface area contributed by atoms with E-state index in [-0.39, 0.29) is 4.90 Å². The number of rotatable bonds is 3. The van der Waals surface area contributed by atoms with E-state index in [4.69, 9.17) is 0 Å². The van der Waals surface area contributed by atoms with Gasteiger partial charge in [-0.3, -0.25) is 14.8 Å². The molecule has 2 heterocycles. The maximum Gasteiger partial charge on any atom is 0.262 e. The molecule has 4 aromatic rings. The summed E-state index contributed by atoms with van der Waals surface area (Å²) in [6.45, 7) is 0. The molecule has 0 fully saturated rings. The number of nitrogens with one attached hydrogen (secondary N) is 2. The molecule has 2 N–H and O–H groups in total. The molecule has 2 aromatic heterocycles. The molecule has 0 aliphatic rings. The Morgan fingerprint density at radius 1 is 1.00 bits per heavy atom. The van der Waals surface area contributed by atoms with Gasteiger partial charge in [0.15, 0.2) is 0 Å². The monoisotopic (exact) mass is 324 g/mol. The van der Waals surface area contributed by atoms with Crippen molar-refractivity contribution >= 4 is 37.5 Å². The van der Waals surface area contributed by atoms with Gasteiger partial charge in [-0.1, -0.05) is 18.2 Å². The standard InChI is InChI=1S/C16H12N4O2S/c21-23(22,15-8-2-6-13-12(15)5-3-9-17-13)20-14-7-1-4-11-10-18-19-16(11)14/h1-10,20H,(H,18,19). The first-order valence-electron chi connectivity index (χ1n) is 6.94. The van der Waals surface area contributed by atoms with Crippen LogP contribution in [0.2, 0.25) is 0 Å². The van der Waals surface area contributed by atoms with Gasteiger partial charge >= 0.3 is 0 Å². The first-order valence-corrected chi connectivity index (χ1v) is 8.42. The number of para-hydroxylation sites is 1. The van der Waals surface area contributed by atoms with E-state index in [9.17, 15) is 8.42 Å². The lowest BCUT2D eigenvalue weighted by atomic mass is 10.2. The smallest absolute Gasteiger partial charge is 0.262 e. The van der Waals surface area contributed by atoms with Crippen LogP contribution < -0.4 is 4.72 Å². The number of anilines is 1. The van der Waals surface area contributed by atoms with Crippen LogP contribution in [0.4, 0.5) is 5.69 Å². The second-order valence-corrected chi connectivity index (χ2v) is 6.72. The number of pyridine rings is 1. The maximum atomic E-state index is 12.8. The molecule has 23 heavy (non-hydrogen) atoms. The van der Waals surface area contributed by atoms with Gasteiger partial charge in [-0.15, -0.1) is 0 Å². The lowest BCUT2D eigenvalue weighted by Gasteiger charge is -2.10. The van der Waals surface area contributed by atoms with Gasteiger partial charge in [-0.05, 0) is 30.3 Å². The number of hydrogen-bond acceptors (Lipinski definition) is 4. The van der Waals surface area contributed by atoms with Crippen molar-refractivity contribution in [1.29, 1.82) is 0 Å². The highest BCUT2D eigenvalue weighted by atomic mass is 32.2. The van der Waals surface area contributed by atoms with Gasteiger partial charge in [-0.2, -0.15) is 5.10 Å². The predicted octanol–water partition coefficient (Wildman–Crippen LogP) is 2.91. The van der Waals surface area contributed by atoms with Gasteiger partial charge in [0.2, 0.25) is 0 Å². The molecule has 0 unspecified atom stereocenters. The van der Waals surface area contributed by atoms with Crippen molar-refractivity contribution in [3.05, 3.63) is 60.9 Å². The highest BCUT2D eigenvalue weighted by Crippen LogP contribution is 2.26. The van der Waals surface area contributed by atoms with Crippen molar-refractivity contribution < 1.29 is 8.42 Å². The molecule has 4 rings (SSSR count). The predicted molar refractivity (Wildman–Crippen MR) is 88.6 cm³/mol. The molecule has 2 aromatic carbocycles. The molecule has 0 saturated heterocycles. The summed E-state index contributed by atoms with van der Waals surface area (Å²) in [6, 6.07) is 13.8. The summed E-state index contributed by atoms with van der Waals surface area (Å²) in [4.78, 5) is 4.39. The van der Waals surface area contributed by atoms with Crippen molar-refractivity contribution in [2.24, 2.45) is 0 Å². The largest absolute Gasteiger partial charge is 0.277 e. The van der Waals surface area contributed by atoms with E-state index in [2.05, 4.69) is 19.9 Å². The SMILES string of the molecule is O=S(=O)(Nc1cccc2cn[nH]c12)c1cccc2ncccc12. The third kappa shape index (κ3) is 2.31. The van der Waals surface area contributed by atoms with Crippen LogP contribution >= 0.6 is 0 Å². The number of hydrogen-bond donors (Lipinski definition) is 2. The van der Waals surface area contributed by atoms with Crippen LogP contribution in [0.25, 0.3) is 21.8 Å². The third-order valence-electron chi connectivity index (χ3n) is 3.62. The maximum absolute atomic E-state index is 12.8. The summed E-state index contributed by atoms with van der Waals surface area (Å²) in [5.74, 6) is 0. The summed E-state index contributed by atoms with van der Waals surface area (Å²) in [6.07, 6.45) is 3.28. The summed E-state index contributed by atoms with van der Waals surface area (Å²) in [5, 5.41) is 8.18. The minimum atomic E-state index is -3.75. The minimum Gasteiger partial charge on any atom is -0.277 e. The first kappa shape index (κ1) is 13.7. The van der Waals surface area contributed by atoms with E-state index >= 15 is 0 Å². The fourth-order valence-electron chi connectivity index (χ4n) is 2.56. The molecule has 0 amide bonds. The highest BCUT2D eigenvalue weighted by Gasteiger charge is 2.19. The van der Waals surface area contributed by atoms with Crippen LogP contribution in [-0.4, -0.2) is 23.6 Å². The fraction of sp³-hybridized carbons (Fsp3) is 0. The second-order valence-electron chi connectivity index (χ2n) is 5.07. The van der Waals surface area contributed by atoms with Crippen LogP contribution in [0, 0.1) is 0 Å². The number of aromatic nitrogens is 3. The van der Waals surface area contributed by atoms with Crippen LogP contribution in [-0.2, 0) is 10.0 Å². The Hall–Kier alpha value is -2.93. The molecule has 0 bridgehead atoms. The summed E-state index contributed by atoms with van der Waals surface area (Å²) in [7, 11) is -3.75. The number of aromatic amines is 1. The van der Waals surface area contributed by atoms with Crippen molar-refractivity contribution in [3.63, 3.8) is 0 Å². The summed E-state index contributed by atoms with van der Waals surface area (Å²) in [5.41, 5.74) is 1.74. The molecular weight excluding hydrogens is 312 g/mol. The van der Waals surface area contributed by atoms with Crippen molar-refractivity contribution in [1.82, 2.24) is 15.2 Å². The lowest BCUT2D eigenvalue weighted by molar-refractivity contribution is 0.602. The molecule has 0 aliphatic carbocycles. The van der Waals surface area contributed by atoms with E-state index in [0.717, 1.165) is 5.39 Å². The van der Waals surface area contributed by atoms with Crippen molar-refractivity contribution in [2.45, 2.75) is 4.90 Å². The molecule has 0 radical (unpaired) electrons. The molecule has 114 valence electrons. The van der Waals surface area contributed by atoms with Gasteiger partial charge in [0, 0.05) is 17.0 Å². The van der Waals surface area contributed by atoms with Crippen molar-refractivity contribution in [3.8, 4) is 0 Å². The quantitative estimate of drug-likeness (QED) is 0.606. The fourth-order valence-corrected chi connectivity index (χ4v) is 3.85. The molecule has 0 saturated carbocycles. The van der Waals surface area contributed by atoms with Gasteiger partial charge in [-0.25, -0.2) is 8.42 Å². The zero-order valence-corrected chi connectivity index (χ0v) is 12.7. The number of fused-ring (bicyclic) bond motifs is 2. The average Bonchev–Trinajstić information content (AvgIpc) is 3.04. The molecule has 6 nitrogen and oxygen atoms in total. The minimum absolute atomic E-state index is 0.194. The molecule has 0 spiro atoms. The number of nitrogens with zero attached hydrogens (tertiary/aromatic N) is 2. The number of benzene rings is 2. The molecule has 0 aliphatic heterocycles. The highest BCUT2D eigenvalue weighted by molar-refractivity contribution is 7.93. The Morgan fingerprint density at radius 2 is 1.87 bits per heavy atom. The van der Waals surface area contributed by atoms with Crippen molar-refractivity contribution in [2.75, 3.05) is 4.72 Å². The zero-order chi connectivity index (χ0) is 15.9. The summed E-state index contributed by atoms with van der Waals surface area (Å²) >= 11 is 0. The van der Waals surface area contributed by atoms with Gasteiger partial charge in [0.25, 0.3) is 10.0 Å². The van der Waals surface area contributed by atoms with E-state index < -0.39 is 10.0 Å². The zero-order valence-electron chi connectivity index (χ0n) is 11.9. The Kier molecular flexibility index (Phi) is 3.02.